The molecule has 0 bridgehead atoms. The number of aryl methyl sites for hydroxylation is 1. The molecule has 120 valence electrons. The molecule has 2 aromatic carbocycles. The monoisotopic (exact) mass is 317 g/mol. The maximum Gasteiger partial charge on any atom is 0.251 e. The zero-order valence-electron chi connectivity index (χ0n) is 13.5. The van der Waals surface area contributed by atoms with Crippen LogP contribution in [0.5, 0.6) is 0 Å². The second-order valence-corrected chi connectivity index (χ2v) is 5.97. The number of rotatable bonds is 5. The van der Waals surface area contributed by atoms with Crippen molar-refractivity contribution in [2.45, 2.75) is 25.8 Å². The number of para-hydroxylation sites is 1. The number of nitrogens with zero attached hydrogens (tertiary/aromatic N) is 1. The minimum absolute atomic E-state index is 0.140. The molecule has 1 aromatic heterocycles. The number of amides is 1. The number of fused-ring (bicyclic) bond motifs is 1. The molecule has 1 unspecified atom stereocenters. The number of aromatic nitrogens is 1. The van der Waals surface area contributed by atoms with Gasteiger partial charge in [0.2, 0.25) is 0 Å². The second-order valence-electron chi connectivity index (χ2n) is 5.97. The molecular weight excluding hydrogens is 298 g/mol. The van der Waals surface area contributed by atoms with Crippen molar-refractivity contribution in [3.63, 3.8) is 0 Å². The normalized spacial score (nSPS) is 11.8. The highest BCUT2D eigenvalue weighted by molar-refractivity contribution is 5.94. The summed E-state index contributed by atoms with van der Waals surface area (Å²) >= 11 is 0. The molecule has 0 spiro atoms. The maximum absolute atomic E-state index is 12.4. The number of carbonyl (C=O) groups excluding carboxylic acids is 1. The molecule has 1 amide bonds. The quantitative estimate of drug-likeness (QED) is 0.753. The summed E-state index contributed by atoms with van der Waals surface area (Å²) in [5.41, 5.74) is 3.83. The average Bonchev–Trinajstić information content (AvgIpc) is 2.98. The second kappa shape index (κ2) is 7.01. The molecule has 0 aliphatic rings. The zero-order valence-corrected chi connectivity index (χ0v) is 13.5. The van der Waals surface area contributed by atoms with Gasteiger partial charge in [-0.15, -0.1) is 0 Å². The van der Waals surface area contributed by atoms with Gasteiger partial charge >= 0.3 is 0 Å². The Balaban J connectivity index is 1.77. The molecule has 24 heavy (non-hydrogen) atoms. The summed E-state index contributed by atoms with van der Waals surface area (Å²) in [5.74, 6) is -0.140. The highest BCUT2D eigenvalue weighted by Gasteiger charge is 2.16. The lowest BCUT2D eigenvalue weighted by Crippen LogP contribution is -2.36. The van der Waals surface area contributed by atoms with Crippen LogP contribution >= 0.6 is 0 Å². The summed E-state index contributed by atoms with van der Waals surface area (Å²) < 4.78 is 0. The molecule has 2 N–H and O–H groups in total. The Morgan fingerprint density at radius 1 is 1.25 bits per heavy atom. The standard InChI is InChI=1S/C20H19N3O/c1-14-5-4-6-15(11-14)20(24)23-17(9-10-21)12-16-13-22-19-8-3-2-7-18(16)19/h2-8,11,13,17,22H,9,12H2,1H3,(H,23,24). The Hall–Kier alpha value is -3.06. The third-order valence-corrected chi connectivity index (χ3v) is 4.09. The lowest BCUT2D eigenvalue weighted by Gasteiger charge is -2.16. The summed E-state index contributed by atoms with van der Waals surface area (Å²) in [6.45, 7) is 1.95. The number of nitriles is 1. The molecule has 0 radical (unpaired) electrons. The van der Waals surface area contributed by atoms with Crippen molar-refractivity contribution in [3.8, 4) is 6.07 Å². The van der Waals surface area contributed by atoms with E-state index in [2.05, 4.69) is 16.4 Å². The van der Waals surface area contributed by atoms with E-state index in [9.17, 15) is 4.79 Å². The lowest BCUT2D eigenvalue weighted by molar-refractivity contribution is 0.0937. The molecule has 1 atom stereocenters. The fraction of sp³-hybridized carbons (Fsp3) is 0.200. The first kappa shape index (κ1) is 15.8. The van der Waals surface area contributed by atoms with Gasteiger partial charge < -0.3 is 10.3 Å². The van der Waals surface area contributed by atoms with Crippen LogP contribution in [0.1, 0.15) is 27.9 Å². The average molecular weight is 317 g/mol. The molecule has 4 heteroatoms. The van der Waals surface area contributed by atoms with E-state index >= 15 is 0 Å². The first-order valence-electron chi connectivity index (χ1n) is 7.97. The molecule has 3 rings (SSSR count). The van der Waals surface area contributed by atoms with Gasteiger partial charge in [0.1, 0.15) is 0 Å². The van der Waals surface area contributed by atoms with Crippen LogP contribution in [-0.4, -0.2) is 16.9 Å². The van der Waals surface area contributed by atoms with Gasteiger partial charge in [-0.2, -0.15) is 5.26 Å². The predicted octanol–water partition coefficient (Wildman–Crippen LogP) is 3.73. The van der Waals surface area contributed by atoms with Crippen LogP contribution in [-0.2, 0) is 6.42 Å². The van der Waals surface area contributed by atoms with Crippen molar-refractivity contribution in [1.82, 2.24) is 10.3 Å². The van der Waals surface area contributed by atoms with Crippen LogP contribution in [0.4, 0.5) is 0 Å². The van der Waals surface area contributed by atoms with E-state index in [1.54, 1.807) is 6.07 Å². The van der Waals surface area contributed by atoms with Crippen LogP contribution in [0.25, 0.3) is 10.9 Å². The van der Waals surface area contributed by atoms with Gasteiger partial charge in [0, 0.05) is 28.7 Å². The van der Waals surface area contributed by atoms with E-state index in [4.69, 9.17) is 5.26 Å². The molecule has 0 aliphatic heterocycles. The van der Waals surface area contributed by atoms with Crippen molar-refractivity contribution in [1.29, 1.82) is 5.26 Å². The molecule has 0 aliphatic carbocycles. The van der Waals surface area contributed by atoms with Crippen molar-refractivity contribution in [2.75, 3.05) is 0 Å². The van der Waals surface area contributed by atoms with Gasteiger partial charge in [-0.25, -0.2) is 0 Å². The zero-order chi connectivity index (χ0) is 16.9. The Labute approximate surface area is 141 Å². The molecule has 0 saturated carbocycles. The molecule has 3 aromatic rings. The largest absolute Gasteiger partial charge is 0.361 e. The fourth-order valence-corrected chi connectivity index (χ4v) is 2.91. The van der Waals surface area contributed by atoms with Gasteiger partial charge in [-0.3, -0.25) is 4.79 Å². The van der Waals surface area contributed by atoms with Gasteiger partial charge in [-0.1, -0.05) is 35.9 Å². The first-order chi connectivity index (χ1) is 11.7. The maximum atomic E-state index is 12.4. The number of hydrogen-bond donors (Lipinski definition) is 2. The molecular formula is C20H19N3O. The van der Waals surface area contributed by atoms with Crippen LogP contribution in [0, 0.1) is 18.3 Å². The number of nitrogens with one attached hydrogen (secondary N) is 2. The highest BCUT2D eigenvalue weighted by Crippen LogP contribution is 2.20. The third kappa shape index (κ3) is 3.47. The summed E-state index contributed by atoms with van der Waals surface area (Å²) in [6.07, 6.45) is 2.85. The SMILES string of the molecule is Cc1cccc(C(=O)NC(CC#N)Cc2c[nH]c3ccccc23)c1. The molecule has 0 fully saturated rings. The van der Waals surface area contributed by atoms with Gasteiger partial charge in [-0.05, 0) is 37.1 Å². The number of hydrogen-bond acceptors (Lipinski definition) is 2. The number of benzene rings is 2. The van der Waals surface area contributed by atoms with Gasteiger partial charge in [0.05, 0.1) is 12.5 Å². The third-order valence-electron chi connectivity index (χ3n) is 4.09. The Morgan fingerprint density at radius 2 is 2.08 bits per heavy atom. The molecule has 4 nitrogen and oxygen atoms in total. The minimum Gasteiger partial charge on any atom is -0.361 e. The van der Waals surface area contributed by atoms with E-state index in [1.165, 1.54) is 0 Å². The van der Waals surface area contributed by atoms with E-state index in [1.807, 2.05) is 55.6 Å². The minimum atomic E-state index is -0.220. The Bertz CT molecular complexity index is 904. The van der Waals surface area contributed by atoms with E-state index in [0.717, 1.165) is 22.0 Å². The van der Waals surface area contributed by atoms with Crippen LogP contribution in [0.2, 0.25) is 0 Å². The summed E-state index contributed by atoms with van der Waals surface area (Å²) in [7, 11) is 0. The number of carbonyl (C=O) groups is 1. The smallest absolute Gasteiger partial charge is 0.251 e. The number of aromatic amines is 1. The van der Waals surface area contributed by atoms with Crippen LogP contribution < -0.4 is 5.32 Å². The predicted molar refractivity (Wildman–Crippen MR) is 94.7 cm³/mol. The molecule has 0 saturated heterocycles. The fourth-order valence-electron chi connectivity index (χ4n) is 2.91. The van der Waals surface area contributed by atoms with Gasteiger partial charge in [0.15, 0.2) is 0 Å². The van der Waals surface area contributed by atoms with Gasteiger partial charge in [0.25, 0.3) is 5.91 Å². The van der Waals surface area contributed by atoms with Crippen molar-refractivity contribution < 1.29 is 4.79 Å². The summed E-state index contributed by atoms with van der Waals surface area (Å²) in [6, 6.07) is 17.4. The van der Waals surface area contributed by atoms with Crippen LogP contribution in [0.15, 0.2) is 54.7 Å². The summed E-state index contributed by atoms with van der Waals surface area (Å²) in [4.78, 5) is 15.7. The summed E-state index contributed by atoms with van der Waals surface area (Å²) in [5, 5.41) is 13.2. The highest BCUT2D eigenvalue weighted by atomic mass is 16.1. The van der Waals surface area contributed by atoms with Crippen molar-refractivity contribution in [2.24, 2.45) is 0 Å². The first-order valence-corrected chi connectivity index (χ1v) is 7.97. The van der Waals surface area contributed by atoms with E-state index in [-0.39, 0.29) is 18.4 Å². The Kier molecular flexibility index (Phi) is 4.62. The lowest BCUT2D eigenvalue weighted by atomic mass is 10.0. The molecule has 1 heterocycles. The van der Waals surface area contributed by atoms with Crippen molar-refractivity contribution >= 4 is 16.8 Å². The number of H-pyrrole nitrogens is 1. The Morgan fingerprint density at radius 3 is 2.88 bits per heavy atom. The van der Waals surface area contributed by atoms with Crippen molar-refractivity contribution in [3.05, 3.63) is 71.4 Å². The van der Waals surface area contributed by atoms with E-state index in [0.29, 0.717) is 12.0 Å². The van der Waals surface area contributed by atoms with Crippen LogP contribution in [0.3, 0.4) is 0 Å². The van der Waals surface area contributed by atoms with E-state index < -0.39 is 0 Å². The topological polar surface area (TPSA) is 68.7 Å².